The number of hydrogen-bond donors (Lipinski definition) is 0. The number of ketones is 1. The zero-order chi connectivity index (χ0) is 18.4. The molecule has 0 atom stereocenters. The fourth-order valence-electron chi connectivity index (χ4n) is 2.15. The SMILES string of the molecule is CCOC(=O)c1ccnc(/C=C(/C)C(=O)Cc2ccc(Cl)cc2Cl)c1. The molecule has 0 aliphatic heterocycles. The van der Waals surface area contributed by atoms with Crippen LogP contribution < -0.4 is 0 Å². The first-order chi connectivity index (χ1) is 11.9. The number of benzene rings is 1. The Kier molecular flexibility index (Phi) is 6.73. The van der Waals surface area contributed by atoms with E-state index >= 15 is 0 Å². The number of Topliss-reactive ketones (excluding diaryl/α,β-unsaturated/α-hetero) is 1. The largest absolute Gasteiger partial charge is 0.462 e. The average molecular weight is 378 g/mol. The van der Waals surface area contributed by atoms with E-state index in [0.29, 0.717) is 39.0 Å². The predicted molar refractivity (Wildman–Crippen MR) is 99.0 cm³/mol. The summed E-state index contributed by atoms with van der Waals surface area (Å²) in [4.78, 5) is 28.3. The van der Waals surface area contributed by atoms with Crippen LogP contribution in [0, 0.1) is 0 Å². The highest BCUT2D eigenvalue weighted by Crippen LogP contribution is 2.22. The minimum Gasteiger partial charge on any atom is -0.462 e. The summed E-state index contributed by atoms with van der Waals surface area (Å²) in [6, 6.07) is 8.19. The molecule has 0 fully saturated rings. The molecular weight excluding hydrogens is 361 g/mol. The molecule has 0 bridgehead atoms. The minimum absolute atomic E-state index is 0.0902. The molecule has 2 aromatic rings. The van der Waals surface area contributed by atoms with E-state index in [0.717, 1.165) is 0 Å². The molecule has 0 saturated heterocycles. The Morgan fingerprint density at radius 1 is 1.20 bits per heavy atom. The topological polar surface area (TPSA) is 56.3 Å². The third-order valence-electron chi connectivity index (χ3n) is 3.46. The molecule has 1 aromatic carbocycles. The van der Waals surface area contributed by atoms with Gasteiger partial charge in [0.1, 0.15) is 0 Å². The number of carbonyl (C=O) groups is 2. The molecule has 6 heteroatoms. The van der Waals surface area contributed by atoms with Crippen LogP contribution in [0.4, 0.5) is 0 Å². The fraction of sp³-hybridized carbons (Fsp3) is 0.211. The summed E-state index contributed by atoms with van der Waals surface area (Å²) in [5.41, 5.74) is 2.12. The van der Waals surface area contributed by atoms with Crippen LogP contribution in [0.15, 0.2) is 42.1 Å². The van der Waals surface area contributed by atoms with Gasteiger partial charge in [-0.15, -0.1) is 0 Å². The van der Waals surface area contributed by atoms with Gasteiger partial charge in [0.25, 0.3) is 0 Å². The Balaban J connectivity index is 2.16. The Morgan fingerprint density at radius 2 is 1.96 bits per heavy atom. The second-order valence-corrected chi connectivity index (χ2v) is 6.20. The summed E-state index contributed by atoms with van der Waals surface area (Å²) in [5, 5.41) is 0.976. The van der Waals surface area contributed by atoms with Crippen molar-refractivity contribution in [2.24, 2.45) is 0 Å². The van der Waals surface area contributed by atoms with Crippen molar-refractivity contribution < 1.29 is 14.3 Å². The van der Waals surface area contributed by atoms with Gasteiger partial charge in [-0.05, 0) is 55.3 Å². The number of nitrogens with zero attached hydrogens (tertiary/aromatic N) is 1. The van der Waals surface area contributed by atoms with Crippen LogP contribution in [0.1, 0.15) is 35.5 Å². The van der Waals surface area contributed by atoms with E-state index in [1.165, 1.54) is 6.20 Å². The molecule has 0 radical (unpaired) electrons. The van der Waals surface area contributed by atoms with Crippen molar-refractivity contribution in [2.75, 3.05) is 6.61 Å². The van der Waals surface area contributed by atoms with E-state index in [2.05, 4.69) is 4.98 Å². The maximum atomic E-state index is 12.4. The summed E-state index contributed by atoms with van der Waals surface area (Å²) in [7, 11) is 0. The lowest BCUT2D eigenvalue weighted by Gasteiger charge is -2.05. The average Bonchev–Trinajstić information content (AvgIpc) is 2.57. The standard InChI is InChI=1S/C19H17Cl2NO3/c1-3-25-19(24)14-6-7-22-16(9-14)8-12(2)18(23)10-13-4-5-15(20)11-17(13)21/h4-9,11H,3,10H2,1-2H3/b12-8-. The van der Waals surface area contributed by atoms with Gasteiger partial charge in [0.15, 0.2) is 5.78 Å². The van der Waals surface area contributed by atoms with E-state index in [1.54, 1.807) is 50.3 Å². The highest BCUT2D eigenvalue weighted by molar-refractivity contribution is 6.35. The number of pyridine rings is 1. The minimum atomic E-state index is -0.420. The molecule has 0 N–H and O–H groups in total. The summed E-state index contributed by atoms with van der Waals surface area (Å²) in [5.74, 6) is -0.510. The summed E-state index contributed by atoms with van der Waals surface area (Å²) in [6.45, 7) is 3.74. The molecule has 0 saturated carbocycles. The summed E-state index contributed by atoms with van der Waals surface area (Å²) >= 11 is 12.0. The van der Waals surface area contributed by atoms with E-state index in [4.69, 9.17) is 27.9 Å². The molecule has 1 heterocycles. The Bertz CT molecular complexity index is 831. The molecule has 0 amide bonds. The second-order valence-electron chi connectivity index (χ2n) is 5.35. The van der Waals surface area contributed by atoms with Gasteiger partial charge < -0.3 is 4.74 Å². The van der Waals surface area contributed by atoms with Gasteiger partial charge in [0, 0.05) is 22.7 Å². The summed E-state index contributed by atoms with van der Waals surface area (Å²) in [6.07, 6.45) is 3.30. The number of halogens is 2. The van der Waals surface area contributed by atoms with Gasteiger partial charge in [0.05, 0.1) is 17.9 Å². The van der Waals surface area contributed by atoms with Crippen molar-refractivity contribution in [3.05, 3.63) is 69.0 Å². The van der Waals surface area contributed by atoms with Gasteiger partial charge in [0.2, 0.25) is 0 Å². The molecule has 1 aromatic heterocycles. The van der Waals surface area contributed by atoms with Crippen LogP contribution >= 0.6 is 23.2 Å². The highest BCUT2D eigenvalue weighted by atomic mass is 35.5. The third-order valence-corrected chi connectivity index (χ3v) is 4.05. The van der Waals surface area contributed by atoms with Crippen LogP contribution in [0.2, 0.25) is 10.0 Å². The van der Waals surface area contributed by atoms with Crippen LogP contribution in [0.25, 0.3) is 6.08 Å². The first-order valence-corrected chi connectivity index (χ1v) is 8.45. The van der Waals surface area contributed by atoms with Crippen molar-refractivity contribution in [1.82, 2.24) is 4.98 Å². The number of allylic oxidation sites excluding steroid dienone is 1. The molecule has 4 nitrogen and oxygen atoms in total. The highest BCUT2D eigenvalue weighted by Gasteiger charge is 2.11. The normalized spacial score (nSPS) is 11.3. The van der Waals surface area contributed by atoms with E-state index < -0.39 is 5.97 Å². The lowest BCUT2D eigenvalue weighted by molar-refractivity contribution is -0.114. The van der Waals surface area contributed by atoms with E-state index in [1.807, 2.05) is 0 Å². The molecule has 0 unspecified atom stereocenters. The predicted octanol–water partition coefficient (Wildman–Crippen LogP) is 4.78. The second kappa shape index (κ2) is 8.79. The van der Waals surface area contributed by atoms with Gasteiger partial charge in [-0.2, -0.15) is 0 Å². The molecule has 2 rings (SSSR count). The lowest BCUT2D eigenvalue weighted by atomic mass is 10.0. The Labute approximate surface area is 156 Å². The van der Waals surface area contributed by atoms with Crippen LogP contribution in [0.5, 0.6) is 0 Å². The summed E-state index contributed by atoms with van der Waals surface area (Å²) < 4.78 is 4.96. The van der Waals surface area contributed by atoms with Crippen molar-refractivity contribution in [1.29, 1.82) is 0 Å². The van der Waals surface area contributed by atoms with E-state index in [-0.39, 0.29) is 12.2 Å². The maximum Gasteiger partial charge on any atom is 0.338 e. The lowest BCUT2D eigenvalue weighted by Crippen LogP contribution is -2.06. The number of hydrogen-bond acceptors (Lipinski definition) is 4. The first-order valence-electron chi connectivity index (χ1n) is 7.69. The third kappa shape index (κ3) is 5.41. The van der Waals surface area contributed by atoms with Crippen LogP contribution in [0.3, 0.4) is 0 Å². The Morgan fingerprint density at radius 3 is 2.64 bits per heavy atom. The number of ether oxygens (including phenoxy) is 1. The Hall–Kier alpha value is -2.17. The van der Waals surface area contributed by atoms with Gasteiger partial charge in [-0.1, -0.05) is 29.3 Å². The fourth-order valence-corrected chi connectivity index (χ4v) is 2.62. The number of rotatable bonds is 6. The smallest absolute Gasteiger partial charge is 0.338 e. The first kappa shape index (κ1) is 19.2. The van der Waals surface area contributed by atoms with Gasteiger partial charge >= 0.3 is 5.97 Å². The van der Waals surface area contributed by atoms with Crippen molar-refractivity contribution in [3.63, 3.8) is 0 Å². The van der Waals surface area contributed by atoms with Crippen LogP contribution in [-0.4, -0.2) is 23.3 Å². The van der Waals surface area contributed by atoms with Gasteiger partial charge in [-0.25, -0.2) is 4.79 Å². The molecule has 0 aliphatic rings. The maximum absolute atomic E-state index is 12.4. The molecular formula is C19H17Cl2NO3. The molecule has 130 valence electrons. The number of carbonyl (C=O) groups excluding carboxylic acids is 2. The van der Waals surface area contributed by atoms with Crippen molar-refractivity contribution in [3.8, 4) is 0 Å². The number of esters is 1. The van der Waals surface area contributed by atoms with Crippen molar-refractivity contribution >= 4 is 41.0 Å². The zero-order valence-electron chi connectivity index (χ0n) is 13.9. The zero-order valence-corrected chi connectivity index (χ0v) is 15.4. The van der Waals surface area contributed by atoms with Crippen LogP contribution in [-0.2, 0) is 16.0 Å². The van der Waals surface area contributed by atoms with Gasteiger partial charge in [-0.3, -0.25) is 9.78 Å². The molecule has 25 heavy (non-hydrogen) atoms. The molecule has 0 aliphatic carbocycles. The van der Waals surface area contributed by atoms with E-state index in [9.17, 15) is 9.59 Å². The number of aromatic nitrogens is 1. The monoisotopic (exact) mass is 377 g/mol. The quantitative estimate of drug-likeness (QED) is 0.536. The van der Waals surface area contributed by atoms with Crippen molar-refractivity contribution in [2.45, 2.75) is 20.3 Å². The molecule has 0 spiro atoms.